The lowest BCUT2D eigenvalue weighted by Crippen LogP contribution is -2.39. The molecule has 0 heterocycles. The smallest absolute Gasteiger partial charge is 0.150 e. The van der Waals surface area contributed by atoms with Crippen LogP contribution < -0.4 is 5.73 Å². The molecule has 0 radical (unpaired) electrons. The van der Waals surface area contributed by atoms with E-state index in [9.17, 15) is 12.8 Å². The van der Waals surface area contributed by atoms with E-state index in [4.69, 9.17) is 5.73 Å². The third-order valence-electron chi connectivity index (χ3n) is 3.16. The Morgan fingerprint density at radius 1 is 1.26 bits per heavy atom. The summed E-state index contributed by atoms with van der Waals surface area (Å²) < 4.78 is 35.6. The van der Waals surface area contributed by atoms with Crippen LogP contribution in [-0.2, 0) is 16.3 Å². The van der Waals surface area contributed by atoms with Gasteiger partial charge in [0.15, 0.2) is 0 Å². The zero-order chi connectivity index (χ0) is 14.5. The molecule has 0 aromatic heterocycles. The van der Waals surface area contributed by atoms with E-state index >= 15 is 0 Å². The fourth-order valence-electron chi connectivity index (χ4n) is 2.00. The normalized spacial score (nSPS) is 15.2. The lowest BCUT2D eigenvalue weighted by atomic mass is 9.90. The second kappa shape index (κ2) is 6.48. The summed E-state index contributed by atoms with van der Waals surface area (Å²) in [6.45, 7) is 3.55. The zero-order valence-corrected chi connectivity index (χ0v) is 12.3. The molecule has 2 N–H and O–H groups in total. The van der Waals surface area contributed by atoms with E-state index in [2.05, 4.69) is 0 Å². The van der Waals surface area contributed by atoms with Crippen LogP contribution >= 0.6 is 0 Å². The minimum atomic E-state index is -2.93. The van der Waals surface area contributed by atoms with E-state index in [1.165, 1.54) is 12.1 Å². The Labute approximate surface area is 114 Å². The van der Waals surface area contributed by atoms with Crippen LogP contribution in [0.3, 0.4) is 0 Å². The van der Waals surface area contributed by atoms with Crippen molar-refractivity contribution >= 4 is 9.84 Å². The molecule has 1 unspecified atom stereocenters. The Morgan fingerprint density at radius 2 is 1.84 bits per heavy atom. The second-order valence-electron chi connectivity index (χ2n) is 5.30. The number of rotatable bonds is 7. The topological polar surface area (TPSA) is 60.2 Å². The van der Waals surface area contributed by atoms with Gasteiger partial charge in [0, 0.05) is 11.3 Å². The average Bonchev–Trinajstić information content (AvgIpc) is 2.31. The Hall–Kier alpha value is -0.940. The van der Waals surface area contributed by atoms with Gasteiger partial charge in [-0.25, -0.2) is 12.8 Å². The summed E-state index contributed by atoms with van der Waals surface area (Å²) in [6.07, 6.45) is 1.80. The molecule has 3 nitrogen and oxygen atoms in total. The number of halogens is 1. The molecule has 0 fully saturated rings. The van der Waals surface area contributed by atoms with Gasteiger partial charge in [0.2, 0.25) is 0 Å². The van der Waals surface area contributed by atoms with Gasteiger partial charge in [-0.3, -0.25) is 0 Å². The molecule has 108 valence electrons. The van der Waals surface area contributed by atoms with Crippen LogP contribution in [0.1, 0.15) is 32.3 Å². The van der Waals surface area contributed by atoms with Crippen molar-refractivity contribution in [2.45, 2.75) is 38.6 Å². The van der Waals surface area contributed by atoms with Gasteiger partial charge in [-0.15, -0.1) is 0 Å². The Balaban J connectivity index is 2.50. The van der Waals surface area contributed by atoms with Gasteiger partial charge in [0.1, 0.15) is 15.7 Å². The Kier molecular flexibility index (Phi) is 5.50. The summed E-state index contributed by atoms with van der Waals surface area (Å²) in [7, 11) is -2.93. The minimum absolute atomic E-state index is 0.173. The number of hydrogen-bond donors (Lipinski definition) is 1. The van der Waals surface area contributed by atoms with Crippen LogP contribution in [-0.4, -0.2) is 25.5 Å². The quantitative estimate of drug-likeness (QED) is 0.837. The maximum Gasteiger partial charge on any atom is 0.150 e. The van der Waals surface area contributed by atoms with E-state index in [1.807, 2.05) is 6.92 Å². The fourth-order valence-corrected chi connectivity index (χ4v) is 2.87. The first-order valence-electron chi connectivity index (χ1n) is 6.48. The van der Waals surface area contributed by atoms with Gasteiger partial charge in [0.05, 0.1) is 5.75 Å². The first-order valence-corrected chi connectivity index (χ1v) is 8.30. The predicted octanol–water partition coefficient (Wildman–Crippen LogP) is 2.30. The monoisotopic (exact) mass is 287 g/mol. The average molecular weight is 287 g/mol. The molecule has 5 heteroatoms. The van der Waals surface area contributed by atoms with Crippen LogP contribution in [0.15, 0.2) is 24.3 Å². The van der Waals surface area contributed by atoms with Gasteiger partial charge >= 0.3 is 0 Å². The third-order valence-corrected chi connectivity index (χ3v) is 4.95. The van der Waals surface area contributed by atoms with Crippen molar-refractivity contribution in [1.29, 1.82) is 0 Å². The molecule has 0 saturated heterocycles. The largest absolute Gasteiger partial charge is 0.325 e. The minimum Gasteiger partial charge on any atom is -0.325 e. The molecule has 0 amide bonds. The Morgan fingerprint density at radius 3 is 2.37 bits per heavy atom. The fraction of sp³-hybridized carbons (Fsp3) is 0.571. The molecule has 0 saturated carbocycles. The number of hydrogen-bond acceptors (Lipinski definition) is 3. The summed E-state index contributed by atoms with van der Waals surface area (Å²) in [6, 6.07) is 6.24. The molecule has 19 heavy (non-hydrogen) atoms. The molecule has 1 rings (SSSR count). The van der Waals surface area contributed by atoms with Crippen LogP contribution in [0, 0.1) is 5.82 Å². The summed E-state index contributed by atoms with van der Waals surface area (Å²) in [5, 5.41) is 0. The van der Waals surface area contributed by atoms with E-state index in [1.54, 1.807) is 19.1 Å². The Bertz CT molecular complexity index is 495. The molecule has 1 aromatic carbocycles. The van der Waals surface area contributed by atoms with Gasteiger partial charge in [-0.2, -0.15) is 0 Å². The SMILES string of the molecule is CCS(=O)(=O)CCCC(C)(N)Cc1ccc(F)cc1. The molecule has 0 aliphatic carbocycles. The predicted molar refractivity (Wildman–Crippen MR) is 76.3 cm³/mol. The maximum atomic E-state index is 12.8. The number of nitrogens with two attached hydrogens (primary N) is 1. The van der Waals surface area contributed by atoms with Crippen LogP contribution in [0.5, 0.6) is 0 Å². The number of sulfone groups is 1. The zero-order valence-electron chi connectivity index (χ0n) is 11.5. The van der Waals surface area contributed by atoms with Crippen LogP contribution in [0.25, 0.3) is 0 Å². The van der Waals surface area contributed by atoms with Crippen molar-refractivity contribution in [2.24, 2.45) is 5.73 Å². The summed E-state index contributed by atoms with van der Waals surface area (Å²) in [5.41, 5.74) is 6.66. The van der Waals surface area contributed by atoms with Gasteiger partial charge < -0.3 is 5.73 Å². The molecular formula is C14H22FNO2S. The molecule has 0 aliphatic heterocycles. The lowest BCUT2D eigenvalue weighted by molar-refractivity contribution is 0.424. The van der Waals surface area contributed by atoms with Crippen molar-refractivity contribution in [1.82, 2.24) is 0 Å². The lowest BCUT2D eigenvalue weighted by Gasteiger charge is -2.24. The summed E-state index contributed by atoms with van der Waals surface area (Å²) >= 11 is 0. The highest BCUT2D eigenvalue weighted by atomic mass is 32.2. The third kappa shape index (κ3) is 6.16. The summed E-state index contributed by atoms with van der Waals surface area (Å²) in [4.78, 5) is 0. The molecule has 0 aliphatic rings. The van der Waals surface area contributed by atoms with Crippen molar-refractivity contribution in [3.05, 3.63) is 35.6 Å². The van der Waals surface area contributed by atoms with Gasteiger partial charge in [-0.05, 0) is 43.9 Å². The van der Waals surface area contributed by atoms with E-state index in [0.717, 1.165) is 5.56 Å². The van der Waals surface area contributed by atoms with Crippen molar-refractivity contribution < 1.29 is 12.8 Å². The highest BCUT2D eigenvalue weighted by Gasteiger charge is 2.20. The van der Waals surface area contributed by atoms with Gasteiger partial charge in [-0.1, -0.05) is 19.1 Å². The summed E-state index contributed by atoms with van der Waals surface area (Å²) in [5.74, 6) is 0.0860. The molecular weight excluding hydrogens is 265 g/mol. The van der Waals surface area contributed by atoms with Crippen LogP contribution in [0.4, 0.5) is 4.39 Å². The second-order valence-corrected chi connectivity index (χ2v) is 7.77. The van der Waals surface area contributed by atoms with Crippen molar-refractivity contribution in [2.75, 3.05) is 11.5 Å². The van der Waals surface area contributed by atoms with E-state index < -0.39 is 15.4 Å². The van der Waals surface area contributed by atoms with Crippen LogP contribution in [0.2, 0.25) is 0 Å². The standard InChI is InChI=1S/C14H22FNO2S/c1-3-19(17,18)10-4-9-14(2,16)11-12-5-7-13(15)8-6-12/h5-8H,3-4,9-11,16H2,1-2H3. The van der Waals surface area contributed by atoms with Gasteiger partial charge in [0.25, 0.3) is 0 Å². The molecule has 0 bridgehead atoms. The van der Waals surface area contributed by atoms with E-state index in [-0.39, 0.29) is 17.3 Å². The number of benzene rings is 1. The first kappa shape index (κ1) is 16.1. The van der Waals surface area contributed by atoms with E-state index in [0.29, 0.717) is 19.3 Å². The molecule has 1 atom stereocenters. The maximum absolute atomic E-state index is 12.8. The van der Waals surface area contributed by atoms with Crippen molar-refractivity contribution in [3.63, 3.8) is 0 Å². The highest BCUT2D eigenvalue weighted by molar-refractivity contribution is 7.91. The van der Waals surface area contributed by atoms with Crippen molar-refractivity contribution in [3.8, 4) is 0 Å². The molecule has 0 spiro atoms. The first-order chi connectivity index (χ1) is 8.74. The molecule has 1 aromatic rings. The highest BCUT2D eigenvalue weighted by Crippen LogP contribution is 2.17.